The smallest absolute Gasteiger partial charge is 0.321 e. The van der Waals surface area contributed by atoms with Crippen LogP contribution in [-0.2, 0) is 14.4 Å². The SMILES string of the molecule is N=C=O.NC(CSSCC(N)C(=O)O)C(=O)O. The maximum atomic E-state index is 10.3. The standard InChI is InChI=1S/C6H12N2O4S2.CHNO/c7-3(5(9)10)1-13-14-2-4(8)6(11)12;2-1-3/h3-4H,1-2,7-8H2,(H,9,10)(H,11,12);2H. The minimum absolute atomic E-state index is 0.229. The lowest BCUT2D eigenvalue weighted by Crippen LogP contribution is -2.33. The number of hydrogen-bond acceptors (Lipinski definition) is 8. The van der Waals surface area contributed by atoms with Crippen LogP contribution in [0.25, 0.3) is 0 Å². The van der Waals surface area contributed by atoms with Crippen molar-refractivity contribution in [3.63, 3.8) is 0 Å². The van der Waals surface area contributed by atoms with Gasteiger partial charge in [0, 0.05) is 11.5 Å². The fourth-order valence-electron chi connectivity index (χ4n) is 0.385. The topological polar surface area (TPSA) is 168 Å². The molecule has 0 radical (unpaired) electrons. The van der Waals surface area contributed by atoms with E-state index in [1.54, 1.807) is 0 Å². The van der Waals surface area contributed by atoms with Gasteiger partial charge >= 0.3 is 11.9 Å². The zero-order chi connectivity index (χ0) is 13.8. The lowest BCUT2D eigenvalue weighted by molar-refractivity contribution is -0.138. The van der Waals surface area contributed by atoms with Crippen LogP contribution in [0.3, 0.4) is 0 Å². The van der Waals surface area contributed by atoms with E-state index in [4.69, 9.17) is 31.9 Å². The molecule has 0 aromatic heterocycles. The molecule has 8 nitrogen and oxygen atoms in total. The first kappa shape index (κ1) is 18.3. The number of isocyanates is 1. The van der Waals surface area contributed by atoms with E-state index < -0.39 is 24.0 Å². The summed E-state index contributed by atoms with van der Waals surface area (Å²) >= 11 is 0. The van der Waals surface area contributed by atoms with E-state index in [0.717, 1.165) is 6.08 Å². The average Bonchev–Trinajstić information content (AvgIpc) is 2.24. The maximum Gasteiger partial charge on any atom is 0.321 e. The van der Waals surface area contributed by atoms with Gasteiger partial charge in [-0.05, 0) is 0 Å². The van der Waals surface area contributed by atoms with Crippen molar-refractivity contribution >= 4 is 39.6 Å². The van der Waals surface area contributed by atoms with E-state index >= 15 is 0 Å². The molecule has 0 amide bonds. The summed E-state index contributed by atoms with van der Waals surface area (Å²) in [5.41, 5.74) is 10.4. The minimum Gasteiger partial charge on any atom is -0.480 e. The molecule has 0 aliphatic carbocycles. The van der Waals surface area contributed by atoms with Crippen molar-refractivity contribution in [2.75, 3.05) is 11.5 Å². The second-order valence-corrected chi connectivity index (χ2v) is 5.11. The van der Waals surface area contributed by atoms with Crippen LogP contribution in [-0.4, -0.2) is 51.8 Å². The van der Waals surface area contributed by atoms with E-state index in [-0.39, 0.29) is 11.5 Å². The number of rotatable bonds is 7. The minimum atomic E-state index is -1.07. The highest BCUT2D eigenvalue weighted by Gasteiger charge is 2.14. The van der Waals surface area contributed by atoms with Gasteiger partial charge in [0.05, 0.1) is 0 Å². The monoisotopic (exact) mass is 283 g/mol. The van der Waals surface area contributed by atoms with E-state index in [0.29, 0.717) is 0 Å². The predicted molar refractivity (Wildman–Crippen MR) is 64.6 cm³/mol. The van der Waals surface area contributed by atoms with Crippen molar-refractivity contribution in [2.24, 2.45) is 11.5 Å². The summed E-state index contributed by atoms with van der Waals surface area (Å²) in [4.78, 5) is 28.9. The summed E-state index contributed by atoms with van der Waals surface area (Å²) in [5, 5.41) is 22.2. The molecule has 0 aromatic rings. The second-order valence-electron chi connectivity index (χ2n) is 2.56. The summed E-state index contributed by atoms with van der Waals surface area (Å²) in [6.07, 6.45) is 0.750. The zero-order valence-electron chi connectivity index (χ0n) is 8.66. The molecule has 0 rings (SSSR count). The molecule has 0 aliphatic rings. The molecule has 0 heterocycles. The summed E-state index contributed by atoms with van der Waals surface area (Å²) in [5.74, 6) is -1.68. The number of carboxylic acid groups (broad SMARTS) is 2. The van der Waals surface area contributed by atoms with Crippen LogP contribution in [0.5, 0.6) is 0 Å². The van der Waals surface area contributed by atoms with Crippen molar-refractivity contribution in [1.82, 2.24) is 0 Å². The van der Waals surface area contributed by atoms with E-state index in [1.807, 2.05) is 0 Å². The number of nitrogens with one attached hydrogen (secondary N) is 1. The maximum absolute atomic E-state index is 10.3. The molecule has 98 valence electrons. The Balaban J connectivity index is 0. The predicted octanol–water partition coefficient (Wildman–Crippen LogP) is -0.907. The van der Waals surface area contributed by atoms with Crippen LogP contribution < -0.4 is 11.5 Å². The first-order valence-corrected chi connectivity index (χ1v) is 6.60. The molecule has 0 fully saturated rings. The van der Waals surface area contributed by atoms with Crippen LogP contribution >= 0.6 is 21.6 Å². The number of carbonyl (C=O) groups excluding carboxylic acids is 1. The normalized spacial score (nSPS) is 12.6. The van der Waals surface area contributed by atoms with Crippen LogP contribution in [0.15, 0.2) is 0 Å². The summed E-state index contributed by atoms with van der Waals surface area (Å²) in [6, 6.07) is -1.85. The van der Waals surface area contributed by atoms with Crippen molar-refractivity contribution in [3.8, 4) is 0 Å². The number of aliphatic carboxylic acids is 2. The molecule has 0 saturated carbocycles. The van der Waals surface area contributed by atoms with Gasteiger partial charge in [0.2, 0.25) is 6.08 Å². The Morgan fingerprint density at radius 3 is 1.53 bits per heavy atom. The Labute approximate surface area is 105 Å². The van der Waals surface area contributed by atoms with Crippen molar-refractivity contribution < 1.29 is 24.6 Å². The molecular formula is C7H13N3O5S2. The third-order valence-corrected chi connectivity index (χ3v) is 3.69. The molecule has 0 saturated heterocycles. The summed E-state index contributed by atoms with van der Waals surface area (Å²) in [7, 11) is 2.41. The first-order valence-electron chi connectivity index (χ1n) is 4.11. The molecule has 0 spiro atoms. The molecule has 2 unspecified atom stereocenters. The Kier molecular flexibility index (Phi) is 12.3. The molecule has 10 heteroatoms. The van der Waals surface area contributed by atoms with Crippen LogP contribution in [0.2, 0.25) is 0 Å². The molecule has 0 aliphatic heterocycles. The van der Waals surface area contributed by atoms with Gasteiger partial charge in [-0.2, -0.15) is 0 Å². The fourth-order valence-corrected chi connectivity index (χ4v) is 2.61. The Hall–Kier alpha value is -1.06. The zero-order valence-corrected chi connectivity index (χ0v) is 10.3. The third-order valence-electron chi connectivity index (χ3n) is 1.21. The average molecular weight is 283 g/mol. The molecule has 7 N–H and O–H groups in total. The Morgan fingerprint density at radius 2 is 1.35 bits per heavy atom. The Bertz CT molecular complexity index is 261. The lowest BCUT2D eigenvalue weighted by atomic mass is 10.4. The van der Waals surface area contributed by atoms with Crippen LogP contribution in [0, 0.1) is 5.41 Å². The molecule has 2 atom stereocenters. The first-order chi connectivity index (χ1) is 7.86. The van der Waals surface area contributed by atoms with Crippen molar-refractivity contribution in [1.29, 1.82) is 5.41 Å². The van der Waals surface area contributed by atoms with Crippen molar-refractivity contribution in [3.05, 3.63) is 0 Å². The molecule has 0 bridgehead atoms. The van der Waals surface area contributed by atoms with Gasteiger partial charge in [-0.1, -0.05) is 21.6 Å². The number of nitrogens with two attached hydrogens (primary N) is 2. The highest BCUT2D eigenvalue weighted by atomic mass is 33.1. The van der Waals surface area contributed by atoms with Gasteiger partial charge in [0.1, 0.15) is 12.1 Å². The third kappa shape index (κ3) is 12.9. The summed E-state index contributed by atoms with van der Waals surface area (Å²) in [6.45, 7) is 0. The number of carbonyl (C=O) groups is 2. The molecule has 0 aromatic carbocycles. The Morgan fingerprint density at radius 1 is 1.12 bits per heavy atom. The highest BCUT2D eigenvalue weighted by molar-refractivity contribution is 8.76. The van der Waals surface area contributed by atoms with Gasteiger partial charge in [0.25, 0.3) is 0 Å². The summed E-state index contributed by atoms with van der Waals surface area (Å²) < 4.78 is 0. The molecule has 17 heavy (non-hydrogen) atoms. The quantitative estimate of drug-likeness (QED) is 0.172. The van der Waals surface area contributed by atoms with E-state index in [1.165, 1.54) is 21.6 Å². The van der Waals surface area contributed by atoms with Crippen LogP contribution in [0.1, 0.15) is 0 Å². The van der Waals surface area contributed by atoms with Gasteiger partial charge < -0.3 is 21.7 Å². The van der Waals surface area contributed by atoms with Gasteiger partial charge in [0.15, 0.2) is 0 Å². The second kappa shape index (κ2) is 11.4. The number of carboxylic acids is 2. The van der Waals surface area contributed by atoms with Crippen molar-refractivity contribution in [2.45, 2.75) is 12.1 Å². The van der Waals surface area contributed by atoms with Gasteiger partial charge in [-0.3, -0.25) is 9.59 Å². The van der Waals surface area contributed by atoms with E-state index in [2.05, 4.69) is 0 Å². The fraction of sp³-hybridized carbons (Fsp3) is 0.571. The lowest BCUT2D eigenvalue weighted by Gasteiger charge is -2.07. The molecular weight excluding hydrogens is 270 g/mol. The number of hydrogen-bond donors (Lipinski definition) is 5. The highest BCUT2D eigenvalue weighted by Crippen LogP contribution is 2.22. The van der Waals surface area contributed by atoms with Crippen LogP contribution in [0.4, 0.5) is 0 Å². The van der Waals surface area contributed by atoms with E-state index in [9.17, 15) is 9.59 Å². The van der Waals surface area contributed by atoms with Gasteiger partial charge in [-0.25, -0.2) is 10.2 Å². The van der Waals surface area contributed by atoms with Gasteiger partial charge in [-0.15, -0.1) is 0 Å². The largest absolute Gasteiger partial charge is 0.480 e.